The SMILES string of the molecule is CC(C)(C)c1ccc(-n2c(-c3cc(C(C)(C)C)cc(C(C)(C)C)c3O)nc3c(-c4cc(Cc5ccccc5)cc(-c5cc(-c6ccccc6)ccn5)c4)cccc32)c(-c2ccccc2)c1. The Morgan fingerprint density at radius 1 is 0.462 bits per heavy atom. The van der Waals surface area contributed by atoms with Gasteiger partial charge >= 0.3 is 0 Å². The predicted molar refractivity (Wildman–Crippen MR) is 273 cm³/mol. The molecule has 0 saturated heterocycles. The van der Waals surface area contributed by atoms with E-state index in [1.807, 2.05) is 12.3 Å². The fourth-order valence-electron chi connectivity index (χ4n) is 8.94. The average molecular weight is 850 g/mol. The number of imidazole rings is 1. The van der Waals surface area contributed by atoms with Gasteiger partial charge in [-0.15, -0.1) is 0 Å². The van der Waals surface area contributed by atoms with Crippen molar-refractivity contribution in [1.82, 2.24) is 14.5 Å². The highest BCUT2D eigenvalue weighted by atomic mass is 16.3. The molecule has 0 unspecified atom stereocenters. The van der Waals surface area contributed by atoms with Crippen molar-refractivity contribution in [3.8, 4) is 67.5 Å². The van der Waals surface area contributed by atoms with E-state index < -0.39 is 0 Å². The molecule has 1 N–H and O–H groups in total. The van der Waals surface area contributed by atoms with Crippen LogP contribution in [0.4, 0.5) is 0 Å². The van der Waals surface area contributed by atoms with Crippen LogP contribution in [-0.2, 0) is 22.7 Å². The third-order valence-corrected chi connectivity index (χ3v) is 12.6. The van der Waals surface area contributed by atoms with Gasteiger partial charge in [-0.2, -0.15) is 0 Å². The third-order valence-electron chi connectivity index (χ3n) is 12.6. The Morgan fingerprint density at radius 3 is 1.75 bits per heavy atom. The molecule has 0 atom stereocenters. The van der Waals surface area contributed by atoms with Crippen molar-refractivity contribution >= 4 is 11.0 Å². The molecule has 0 radical (unpaired) electrons. The van der Waals surface area contributed by atoms with Crippen LogP contribution in [0.5, 0.6) is 5.75 Å². The molecular formula is C61H59N3O. The number of phenolic OH excluding ortho intramolecular Hbond substituents is 1. The maximum Gasteiger partial charge on any atom is 0.149 e. The van der Waals surface area contributed by atoms with Gasteiger partial charge in [-0.1, -0.05) is 184 Å². The molecule has 9 aromatic rings. The summed E-state index contributed by atoms with van der Waals surface area (Å²) in [6.45, 7) is 20.0. The standard InChI is InChI=1S/C61H59N3O/c1-59(2,3)47-28-29-54(50(37-47)43-24-17-12-18-25-43)64-55-27-19-26-49(56(55)63-58(64)51-38-48(60(4,5)6)39-52(57(51)65)61(7,8)9)45-33-41(32-40-20-13-10-14-21-40)34-46(35-45)53-36-44(30-31-62-53)42-22-15-11-16-23-42/h10-31,33-39,65H,32H2,1-9H3. The normalized spacial score (nSPS) is 12.2. The summed E-state index contributed by atoms with van der Waals surface area (Å²) in [6.07, 6.45) is 2.68. The molecule has 0 aliphatic carbocycles. The molecule has 0 spiro atoms. The number of nitrogens with zero attached hydrogens (tertiary/aromatic N) is 3. The Kier molecular flexibility index (Phi) is 11.2. The molecule has 0 aliphatic heterocycles. The van der Waals surface area contributed by atoms with Crippen LogP contribution >= 0.6 is 0 Å². The van der Waals surface area contributed by atoms with Gasteiger partial charge in [0.15, 0.2) is 0 Å². The molecule has 0 saturated carbocycles. The summed E-state index contributed by atoms with van der Waals surface area (Å²) in [6, 6.07) is 60.6. The molecular weight excluding hydrogens is 791 g/mol. The molecule has 0 aliphatic rings. The molecule has 4 heteroatoms. The van der Waals surface area contributed by atoms with E-state index in [4.69, 9.17) is 9.97 Å². The number of phenols is 1. The number of rotatable bonds is 8. The average Bonchev–Trinajstić information content (AvgIpc) is 3.68. The molecule has 4 nitrogen and oxygen atoms in total. The van der Waals surface area contributed by atoms with Crippen LogP contribution < -0.4 is 0 Å². The van der Waals surface area contributed by atoms with Crippen LogP contribution in [0.25, 0.3) is 72.7 Å². The summed E-state index contributed by atoms with van der Waals surface area (Å²) in [5, 5.41) is 12.6. The van der Waals surface area contributed by atoms with Gasteiger partial charge in [-0.05, 0) is 116 Å². The lowest BCUT2D eigenvalue weighted by Gasteiger charge is -2.28. The first-order valence-electron chi connectivity index (χ1n) is 22.8. The third kappa shape index (κ3) is 8.78. The molecule has 2 heterocycles. The maximum absolute atomic E-state index is 12.6. The number of pyridine rings is 1. The molecule has 65 heavy (non-hydrogen) atoms. The van der Waals surface area contributed by atoms with Crippen molar-refractivity contribution in [3.05, 3.63) is 204 Å². The molecule has 0 bridgehead atoms. The van der Waals surface area contributed by atoms with Crippen LogP contribution in [0.1, 0.15) is 90.1 Å². The van der Waals surface area contributed by atoms with Gasteiger partial charge in [0.2, 0.25) is 0 Å². The Morgan fingerprint density at radius 2 is 1.09 bits per heavy atom. The first kappa shape index (κ1) is 43.2. The molecule has 0 fully saturated rings. The van der Waals surface area contributed by atoms with Crippen LogP contribution in [0.3, 0.4) is 0 Å². The number of fused-ring (bicyclic) bond motifs is 1. The molecule has 9 rings (SSSR count). The van der Waals surface area contributed by atoms with Gasteiger partial charge in [0.05, 0.1) is 28.0 Å². The zero-order valence-corrected chi connectivity index (χ0v) is 39.2. The van der Waals surface area contributed by atoms with E-state index in [-0.39, 0.29) is 22.0 Å². The first-order valence-corrected chi connectivity index (χ1v) is 22.8. The second-order valence-corrected chi connectivity index (χ2v) is 20.6. The highest BCUT2D eigenvalue weighted by molar-refractivity contribution is 5.98. The van der Waals surface area contributed by atoms with Crippen LogP contribution in [0.2, 0.25) is 0 Å². The van der Waals surface area contributed by atoms with Gasteiger partial charge in [0, 0.05) is 28.5 Å². The smallest absolute Gasteiger partial charge is 0.149 e. The Hall–Kier alpha value is -7.04. The lowest BCUT2D eigenvalue weighted by molar-refractivity contribution is 0.446. The maximum atomic E-state index is 12.6. The summed E-state index contributed by atoms with van der Waals surface area (Å²) < 4.78 is 2.29. The zero-order valence-electron chi connectivity index (χ0n) is 39.2. The van der Waals surface area contributed by atoms with Crippen molar-refractivity contribution in [2.24, 2.45) is 0 Å². The molecule has 7 aromatic carbocycles. The van der Waals surface area contributed by atoms with E-state index in [0.29, 0.717) is 11.4 Å². The monoisotopic (exact) mass is 849 g/mol. The summed E-state index contributed by atoms with van der Waals surface area (Å²) >= 11 is 0. The van der Waals surface area contributed by atoms with Crippen molar-refractivity contribution in [2.75, 3.05) is 0 Å². The second-order valence-electron chi connectivity index (χ2n) is 20.6. The van der Waals surface area contributed by atoms with Gasteiger partial charge < -0.3 is 5.11 Å². The number of hydrogen-bond acceptors (Lipinski definition) is 3. The lowest BCUT2D eigenvalue weighted by Crippen LogP contribution is -2.17. The van der Waals surface area contributed by atoms with Crippen LogP contribution in [-0.4, -0.2) is 19.6 Å². The van der Waals surface area contributed by atoms with E-state index >= 15 is 0 Å². The number of hydrogen-bond donors (Lipinski definition) is 1. The summed E-state index contributed by atoms with van der Waals surface area (Å²) in [5.41, 5.74) is 17.1. The minimum absolute atomic E-state index is 0.0755. The topological polar surface area (TPSA) is 50.9 Å². The number of aromatic hydroxyl groups is 1. The fraction of sp³-hybridized carbons (Fsp3) is 0.213. The largest absolute Gasteiger partial charge is 0.507 e. The molecule has 324 valence electrons. The van der Waals surface area contributed by atoms with Crippen LogP contribution in [0.15, 0.2) is 176 Å². The highest BCUT2D eigenvalue weighted by Crippen LogP contribution is 2.46. The first-order chi connectivity index (χ1) is 31.0. The van der Waals surface area contributed by atoms with Gasteiger partial charge in [0.1, 0.15) is 11.6 Å². The quantitative estimate of drug-likeness (QED) is 0.166. The Balaban J connectivity index is 1.35. The zero-order chi connectivity index (χ0) is 45.7. The lowest BCUT2D eigenvalue weighted by atomic mass is 9.79. The highest BCUT2D eigenvalue weighted by Gasteiger charge is 2.30. The Bertz CT molecular complexity index is 3160. The minimum Gasteiger partial charge on any atom is -0.507 e. The van der Waals surface area contributed by atoms with E-state index in [2.05, 4.69) is 231 Å². The molecule has 2 aromatic heterocycles. The van der Waals surface area contributed by atoms with Crippen molar-refractivity contribution < 1.29 is 5.11 Å². The van der Waals surface area contributed by atoms with E-state index in [1.165, 1.54) is 16.7 Å². The second kappa shape index (κ2) is 16.8. The van der Waals surface area contributed by atoms with E-state index in [1.54, 1.807) is 0 Å². The van der Waals surface area contributed by atoms with Gasteiger partial charge in [0.25, 0.3) is 0 Å². The predicted octanol–water partition coefficient (Wildman–Crippen LogP) is 15.9. The summed E-state index contributed by atoms with van der Waals surface area (Å²) in [5.74, 6) is 0.952. The summed E-state index contributed by atoms with van der Waals surface area (Å²) in [7, 11) is 0. The molecule has 0 amide bonds. The number of para-hydroxylation sites is 1. The van der Waals surface area contributed by atoms with Gasteiger partial charge in [-0.25, -0.2) is 4.98 Å². The van der Waals surface area contributed by atoms with E-state index in [0.717, 1.165) is 78.9 Å². The minimum atomic E-state index is -0.326. The van der Waals surface area contributed by atoms with Crippen LogP contribution in [0, 0.1) is 0 Å². The number of aromatic nitrogens is 3. The van der Waals surface area contributed by atoms with Crippen molar-refractivity contribution in [3.63, 3.8) is 0 Å². The fourth-order valence-corrected chi connectivity index (χ4v) is 8.94. The summed E-state index contributed by atoms with van der Waals surface area (Å²) in [4.78, 5) is 10.7. The number of benzene rings is 7. The van der Waals surface area contributed by atoms with Crippen molar-refractivity contribution in [2.45, 2.75) is 85.0 Å². The Labute approximate surface area is 385 Å². The van der Waals surface area contributed by atoms with E-state index in [9.17, 15) is 5.11 Å². The van der Waals surface area contributed by atoms with Crippen molar-refractivity contribution in [1.29, 1.82) is 0 Å². The van der Waals surface area contributed by atoms with Gasteiger partial charge in [-0.3, -0.25) is 9.55 Å².